The van der Waals surface area contributed by atoms with Gasteiger partial charge >= 0.3 is 0 Å². The molecule has 3 fully saturated rings. The standard InChI is InChI=1S/C21H21NO3/c1-25-14-8-6-13(7-9-14)22-20(23)18-15-10-11-16(19(18)21(22)24)17(15)12-4-2-3-5-12/h6-11,15-16,18-19H,2-5H2,1H3. The predicted molar refractivity (Wildman–Crippen MR) is 94.1 cm³/mol. The Hall–Kier alpha value is -2.36. The molecule has 0 N–H and O–H groups in total. The van der Waals surface area contributed by atoms with Crippen LogP contribution >= 0.6 is 0 Å². The number of amides is 2. The minimum atomic E-state index is -0.201. The number of hydrogen-bond donors (Lipinski definition) is 0. The van der Waals surface area contributed by atoms with Crippen LogP contribution in [-0.2, 0) is 9.59 Å². The van der Waals surface area contributed by atoms with Crippen LogP contribution in [-0.4, -0.2) is 18.9 Å². The Bertz CT molecular complexity index is 778. The first-order valence-corrected chi connectivity index (χ1v) is 9.12. The molecular weight excluding hydrogens is 314 g/mol. The Morgan fingerprint density at radius 2 is 1.48 bits per heavy atom. The summed E-state index contributed by atoms with van der Waals surface area (Å²) in [6.07, 6.45) is 9.13. The van der Waals surface area contributed by atoms with Gasteiger partial charge in [0.2, 0.25) is 11.8 Å². The van der Waals surface area contributed by atoms with Crippen LogP contribution in [0.5, 0.6) is 5.75 Å². The van der Waals surface area contributed by atoms with Gasteiger partial charge in [0.15, 0.2) is 0 Å². The van der Waals surface area contributed by atoms with E-state index in [1.54, 1.807) is 31.4 Å². The molecule has 1 aromatic rings. The lowest BCUT2D eigenvalue weighted by Gasteiger charge is -2.20. The second-order valence-corrected chi connectivity index (χ2v) is 7.46. The van der Waals surface area contributed by atoms with Crippen molar-refractivity contribution in [2.45, 2.75) is 25.7 Å². The number of benzene rings is 1. The highest BCUT2D eigenvalue weighted by atomic mass is 16.5. The Morgan fingerprint density at radius 3 is 2.00 bits per heavy atom. The van der Waals surface area contributed by atoms with Crippen LogP contribution in [0.2, 0.25) is 0 Å². The summed E-state index contributed by atoms with van der Waals surface area (Å²) in [5.74, 6) is 0.533. The molecular formula is C21H21NO3. The number of methoxy groups -OCH3 is 1. The van der Waals surface area contributed by atoms with Crippen molar-refractivity contribution in [3.8, 4) is 5.75 Å². The molecule has 4 heteroatoms. The maximum atomic E-state index is 13.1. The summed E-state index contributed by atoms with van der Waals surface area (Å²) < 4.78 is 5.17. The van der Waals surface area contributed by atoms with Gasteiger partial charge < -0.3 is 4.74 Å². The van der Waals surface area contributed by atoms with Crippen molar-refractivity contribution in [1.82, 2.24) is 0 Å². The molecule has 4 atom stereocenters. The van der Waals surface area contributed by atoms with E-state index < -0.39 is 0 Å². The molecule has 5 rings (SSSR count). The molecule has 25 heavy (non-hydrogen) atoms. The molecule has 4 unspecified atom stereocenters. The fraction of sp³-hybridized carbons (Fsp3) is 0.429. The van der Waals surface area contributed by atoms with E-state index in [0.717, 1.165) is 18.6 Å². The second kappa shape index (κ2) is 5.32. The maximum Gasteiger partial charge on any atom is 0.238 e. The van der Waals surface area contributed by atoms with E-state index in [2.05, 4.69) is 12.2 Å². The van der Waals surface area contributed by atoms with Crippen LogP contribution in [0.25, 0.3) is 0 Å². The van der Waals surface area contributed by atoms with Gasteiger partial charge in [0, 0.05) is 11.8 Å². The molecule has 4 nitrogen and oxygen atoms in total. The SMILES string of the molecule is COc1ccc(N2C(=O)C3C4C=CC(C4=C4CCCC4)C3C2=O)cc1. The van der Waals surface area contributed by atoms with Crippen molar-refractivity contribution in [3.63, 3.8) is 0 Å². The van der Waals surface area contributed by atoms with Crippen LogP contribution < -0.4 is 9.64 Å². The topological polar surface area (TPSA) is 46.6 Å². The number of nitrogens with zero attached hydrogens (tertiary/aromatic N) is 1. The first-order chi connectivity index (χ1) is 12.2. The zero-order valence-electron chi connectivity index (χ0n) is 14.3. The molecule has 0 aromatic heterocycles. The van der Waals surface area contributed by atoms with Gasteiger partial charge in [-0.2, -0.15) is 0 Å². The molecule has 1 saturated heterocycles. The first kappa shape index (κ1) is 14.9. The number of carbonyl (C=O) groups excluding carboxylic acids is 2. The third-order valence-corrected chi connectivity index (χ3v) is 6.36. The zero-order chi connectivity index (χ0) is 17.1. The predicted octanol–water partition coefficient (Wildman–Crippen LogP) is 3.49. The molecule has 2 bridgehead atoms. The van der Waals surface area contributed by atoms with Gasteiger partial charge in [-0.1, -0.05) is 23.3 Å². The van der Waals surface area contributed by atoms with Crippen molar-refractivity contribution >= 4 is 17.5 Å². The largest absolute Gasteiger partial charge is 0.497 e. The first-order valence-electron chi connectivity index (χ1n) is 9.12. The summed E-state index contributed by atoms with van der Waals surface area (Å²) in [5, 5.41) is 0. The number of anilines is 1. The van der Waals surface area contributed by atoms with Crippen LogP contribution in [0.15, 0.2) is 47.6 Å². The van der Waals surface area contributed by atoms with Gasteiger partial charge in [-0.3, -0.25) is 9.59 Å². The molecule has 1 heterocycles. The number of ether oxygens (including phenoxy) is 1. The van der Waals surface area contributed by atoms with Crippen molar-refractivity contribution in [2.75, 3.05) is 12.0 Å². The number of rotatable bonds is 2. The van der Waals surface area contributed by atoms with Gasteiger partial charge in [0.05, 0.1) is 24.6 Å². The average Bonchev–Trinajstić information content (AvgIpc) is 3.38. The van der Waals surface area contributed by atoms with E-state index in [1.807, 2.05) is 0 Å². The van der Waals surface area contributed by atoms with E-state index in [4.69, 9.17) is 4.74 Å². The lowest BCUT2D eigenvalue weighted by Crippen LogP contribution is -2.33. The summed E-state index contributed by atoms with van der Waals surface area (Å²) in [5.41, 5.74) is 3.58. The fourth-order valence-electron chi connectivity index (χ4n) is 5.31. The smallest absolute Gasteiger partial charge is 0.238 e. The molecule has 128 valence electrons. The van der Waals surface area contributed by atoms with Crippen LogP contribution in [0.1, 0.15) is 25.7 Å². The maximum absolute atomic E-state index is 13.1. The Labute approximate surface area is 147 Å². The number of hydrogen-bond acceptors (Lipinski definition) is 3. The average molecular weight is 335 g/mol. The van der Waals surface area contributed by atoms with Gasteiger partial charge in [0.25, 0.3) is 0 Å². The molecule has 3 aliphatic carbocycles. The molecule has 1 aromatic carbocycles. The third kappa shape index (κ3) is 1.94. The minimum absolute atomic E-state index is 0.0342. The summed E-state index contributed by atoms with van der Waals surface area (Å²) in [7, 11) is 1.60. The lowest BCUT2D eigenvalue weighted by molar-refractivity contribution is -0.122. The number of allylic oxidation sites excluding steroid dienone is 4. The summed E-state index contributed by atoms with van der Waals surface area (Å²) >= 11 is 0. The lowest BCUT2D eigenvalue weighted by atomic mass is 9.85. The summed E-state index contributed by atoms with van der Waals surface area (Å²) in [4.78, 5) is 27.6. The fourth-order valence-corrected chi connectivity index (χ4v) is 5.31. The molecule has 1 aliphatic heterocycles. The van der Waals surface area contributed by atoms with E-state index in [1.165, 1.54) is 28.9 Å². The third-order valence-electron chi connectivity index (χ3n) is 6.36. The van der Waals surface area contributed by atoms with E-state index in [-0.39, 0.29) is 35.5 Å². The quantitative estimate of drug-likeness (QED) is 0.614. The number of fused-ring (bicyclic) bond motifs is 5. The van der Waals surface area contributed by atoms with Gasteiger partial charge in [-0.25, -0.2) is 4.90 Å². The Balaban J connectivity index is 1.51. The van der Waals surface area contributed by atoms with Crippen LogP contribution in [0, 0.1) is 23.7 Å². The molecule has 4 aliphatic rings. The second-order valence-electron chi connectivity index (χ2n) is 7.46. The van der Waals surface area contributed by atoms with Crippen LogP contribution in [0.3, 0.4) is 0 Å². The molecule has 2 saturated carbocycles. The van der Waals surface area contributed by atoms with Crippen molar-refractivity contribution in [3.05, 3.63) is 47.6 Å². The molecule has 2 amide bonds. The highest BCUT2D eigenvalue weighted by molar-refractivity contribution is 6.23. The van der Waals surface area contributed by atoms with Gasteiger partial charge in [0.1, 0.15) is 5.75 Å². The number of carbonyl (C=O) groups is 2. The summed E-state index contributed by atoms with van der Waals surface area (Å²) in [6, 6.07) is 7.17. The van der Waals surface area contributed by atoms with Crippen LogP contribution in [0.4, 0.5) is 5.69 Å². The van der Waals surface area contributed by atoms with E-state index in [9.17, 15) is 9.59 Å². The molecule has 0 radical (unpaired) electrons. The normalized spacial score (nSPS) is 32.9. The van der Waals surface area contributed by atoms with Gasteiger partial charge in [-0.05, 0) is 49.9 Å². The number of imide groups is 1. The minimum Gasteiger partial charge on any atom is -0.497 e. The van der Waals surface area contributed by atoms with Crippen molar-refractivity contribution in [2.24, 2.45) is 23.7 Å². The van der Waals surface area contributed by atoms with E-state index in [0.29, 0.717) is 5.69 Å². The Morgan fingerprint density at radius 1 is 0.920 bits per heavy atom. The highest BCUT2D eigenvalue weighted by Crippen LogP contribution is 2.58. The van der Waals surface area contributed by atoms with Crippen molar-refractivity contribution in [1.29, 1.82) is 0 Å². The monoisotopic (exact) mass is 335 g/mol. The Kier molecular flexibility index (Phi) is 3.18. The van der Waals surface area contributed by atoms with E-state index >= 15 is 0 Å². The zero-order valence-corrected chi connectivity index (χ0v) is 14.3. The van der Waals surface area contributed by atoms with Gasteiger partial charge in [-0.15, -0.1) is 0 Å². The summed E-state index contributed by atoms with van der Waals surface area (Å²) in [6.45, 7) is 0. The van der Waals surface area contributed by atoms with Crippen molar-refractivity contribution < 1.29 is 14.3 Å². The highest BCUT2D eigenvalue weighted by Gasteiger charge is 2.62. The molecule has 0 spiro atoms.